The van der Waals surface area contributed by atoms with Crippen LogP contribution in [0.25, 0.3) is 6.08 Å². The third kappa shape index (κ3) is 3.40. The van der Waals surface area contributed by atoms with Crippen molar-refractivity contribution in [3.63, 3.8) is 0 Å². The number of primary amides is 1. The number of phenols is 1. The van der Waals surface area contributed by atoms with E-state index >= 15 is 0 Å². The number of thioether (sulfide) groups is 1. The molecule has 2 rings (SSSR count). The SMILES string of the molecule is COc1cccc(/C=C2\SC(=S)N(/C=C(\C#N)C(N)=O)C2=O)c1O. The average molecular weight is 361 g/mol. The average Bonchev–Trinajstić information content (AvgIpc) is 2.81. The molecule has 0 radical (unpaired) electrons. The van der Waals surface area contributed by atoms with Crippen LogP contribution < -0.4 is 10.5 Å². The lowest BCUT2D eigenvalue weighted by molar-refractivity contribution is -0.120. The van der Waals surface area contributed by atoms with Gasteiger partial charge in [-0.25, -0.2) is 0 Å². The molecule has 0 bridgehead atoms. The molecule has 1 aliphatic rings. The van der Waals surface area contributed by atoms with Crippen molar-refractivity contribution in [3.05, 3.63) is 40.4 Å². The number of phenolic OH excluding ortho intramolecular Hbond substituents is 1. The van der Waals surface area contributed by atoms with Gasteiger partial charge >= 0.3 is 0 Å². The number of thiocarbonyl (C=S) groups is 1. The molecule has 7 nitrogen and oxygen atoms in total. The largest absolute Gasteiger partial charge is 0.504 e. The minimum absolute atomic E-state index is 0.115. The molecule has 2 amide bonds. The molecule has 0 atom stereocenters. The summed E-state index contributed by atoms with van der Waals surface area (Å²) >= 11 is 6.05. The van der Waals surface area contributed by atoms with Crippen molar-refractivity contribution >= 4 is 46.2 Å². The third-order valence-corrected chi connectivity index (χ3v) is 4.33. The first kappa shape index (κ1) is 17.5. The van der Waals surface area contributed by atoms with Gasteiger partial charge in [0.15, 0.2) is 15.8 Å². The Morgan fingerprint density at radius 1 is 1.54 bits per heavy atom. The molecular formula is C15H11N3O4S2. The van der Waals surface area contributed by atoms with E-state index in [4.69, 9.17) is 28.0 Å². The lowest BCUT2D eigenvalue weighted by Crippen LogP contribution is -2.24. The van der Waals surface area contributed by atoms with E-state index in [-0.39, 0.29) is 20.7 Å². The zero-order valence-corrected chi connectivity index (χ0v) is 14.0. The maximum Gasteiger partial charge on any atom is 0.270 e. The summed E-state index contributed by atoms with van der Waals surface area (Å²) in [5, 5.41) is 18.9. The highest BCUT2D eigenvalue weighted by Gasteiger charge is 2.32. The van der Waals surface area contributed by atoms with Gasteiger partial charge in [0.1, 0.15) is 11.6 Å². The lowest BCUT2D eigenvalue weighted by atomic mass is 10.1. The second-order valence-corrected chi connectivity index (χ2v) is 6.14. The van der Waals surface area contributed by atoms with Crippen LogP contribution in [0.4, 0.5) is 0 Å². The summed E-state index contributed by atoms with van der Waals surface area (Å²) in [6.07, 6.45) is 2.45. The van der Waals surface area contributed by atoms with Crippen LogP contribution in [0, 0.1) is 11.3 Å². The van der Waals surface area contributed by atoms with E-state index in [0.29, 0.717) is 5.56 Å². The molecular weight excluding hydrogens is 350 g/mol. The van der Waals surface area contributed by atoms with Gasteiger partial charge in [-0.05, 0) is 12.1 Å². The van der Waals surface area contributed by atoms with Gasteiger partial charge in [-0.15, -0.1) is 0 Å². The number of benzene rings is 1. The van der Waals surface area contributed by atoms with Crippen molar-refractivity contribution < 1.29 is 19.4 Å². The molecule has 9 heteroatoms. The number of ether oxygens (including phenoxy) is 1. The highest BCUT2D eigenvalue weighted by Crippen LogP contribution is 2.37. The third-order valence-electron chi connectivity index (χ3n) is 3.00. The second-order valence-electron chi connectivity index (χ2n) is 4.47. The summed E-state index contributed by atoms with van der Waals surface area (Å²) in [5.41, 5.74) is 5.02. The first-order valence-electron chi connectivity index (χ1n) is 6.43. The van der Waals surface area contributed by atoms with Gasteiger partial charge in [-0.1, -0.05) is 36.1 Å². The quantitative estimate of drug-likeness (QED) is 0.474. The molecule has 1 saturated heterocycles. The zero-order chi connectivity index (χ0) is 17.9. The molecule has 1 aromatic rings. The molecule has 0 unspecified atom stereocenters. The van der Waals surface area contributed by atoms with Crippen LogP contribution in [0.3, 0.4) is 0 Å². The molecule has 1 fully saturated rings. The van der Waals surface area contributed by atoms with Gasteiger partial charge in [-0.3, -0.25) is 14.5 Å². The van der Waals surface area contributed by atoms with Gasteiger partial charge in [0.25, 0.3) is 11.8 Å². The van der Waals surface area contributed by atoms with Crippen molar-refractivity contribution in [2.24, 2.45) is 5.73 Å². The number of nitriles is 1. The van der Waals surface area contributed by atoms with Crippen molar-refractivity contribution in [1.29, 1.82) is 5.26 Å². The predicted molar refractivity (Wildman–Crippen MR) is 92.6 cm³/mol. The van der Waals surface area contributed by atoms with E-state index in [2.05, 4.69) is 0 Å². The highest BCUT2D eigenvalue weighted by atomic mass is 32.2. The number of nitrogens with zero attached hydrogens (tertiary/aromatic N) is 2. The summed E-state index contributed by atoms with van der Waals surface area (Å²) in [7, 11) is 1.41. The first-order chi connectivity index (χ1) is 11.4. The topological polar surface area (TPSA) is 117 Å². The Morgan fingerprint density at radius 3 is 2.83 bits per heavy atom. The number of amides is 2. The van der Waals surface area contributed by atoms with E-state index in [1.54, 1.807) is 24.3 Å². The smallest absolute Gasteiger partial charge is 0.270 e. The van der Waals surface area contributed by atoms with E-state index in [1.807, 2.05) is 0 Å². The van der Waals surface area contributed by atoms with Crippen LogP contribution in [0.2, 0.25) is 0 Å². The summed E-state index contributed by atoms with van der Waals surface area (Å²) in [6.45, 7) is 0. The Hall–Kier alpha value is -2.83. The van der Waals surface area contributed by atoms with E-state index in [9.17, 15) is 14.7 Å². The lowest BCUT2D eigenvalue weighted by Gasteiger charge is -2.08. The number of hydrogen-bond donors (Lipinski definition) is 2. The van der Waals surface area contributed by atoms with Crippen molar-refractivity contribution in [1.82, 2.24) is 4.90 Å². The number of methoxy groups -OCH3 is 1. The fourth-order valence-electron chi connectivity index (χ4n) is 1.83. The van der Waals surface area contributed by atoms with Gasteiger partial charge in [0, 0.05) is 11.8 Å². The molecule has 0 saturated carbocycles. The van der Waals surface area contributed by atoms with Crippen LogP contribution in [0.15, 0.2) is 34.9 Å². The number of carbonyl (C=O) groups excluding carboxylic acids is 2. The molecule has 0 aliphatic carbocycles. The van der Waals surface area contributed by atoms with Crippen LogP contribution in [0.5, 0.6) is 11.5 Å². The second kappa shape index (κ2) is 7.16. The van der Waals surface area contributed by atoms with E-state index in [1.165, 1.54) is 13.2 Å². The molecule has 1 aliphatic heterocycles. The Balaban J connectivity index is 2.39. The molecule has 122 valence electrons. The Kier molecular flexibility index (Phi) is 5.23. The number of nitrogens with two attached hydrogens (primary N) is 1. The molecule has 24 heavy (non-hydrogen) atoms. The number of carbonyl (C=O) groups is 2. The molecule has 1 aromatic carbocycles. The number of aromatic hydroxyl groups is 1. The van der Waals surface area contributed by atoms with Crippen molar-refractivity contribution in [2.45, 2.75) is 0 Å². The molecule has 3 N–H and O–H groups in total. The highest BCUT2D eigenvalue weighted by molar-refractivity contribution is 8.26. The Morgan fingerprint density at radius 2 is 2.25 bits per heavy atom. The summed E-state index contributed by atoms with van der Waals surface area (Å²) in [6, 6.07) is 6.44. The van der Waals surface area contributed by atoms with Crippen molar-refractivity contribution in [3.8, 4) is 17.6 Å². The fourth-order valence-corrected chi connectivity index (χ4v) is 3.03. The maximum atomic E-state index is 12.4. The summed E-state index contributed by atoms with van der Waals surface area (Å²) in [5.74, 6) is -1.34. The predicted octanol–water partition coefficient (Wildman–Crippen LogP) is 1.49. The summed E-state index contributed by atoms with van der Waals surface area (Å²) in [4.78, 5) is 24.7. The van der Waals surface area contributed by atoms with Crippen LogP contribution in [-0.2, 0) is 9.59 Å². The number of hydrogen-bond acceptors (Lipinski definition) is 7. The Labute approximate surface area is 147 Å². The van der Waals surface area contributed by atoms with Gasteiger partial charge in [0.05, 0.1) is 12.0 Å². The fraction of sp³-hybridized carbons (Fsp3) is 0.0667. The van der Waals surface area contributed by atoms with Gasteiger partial charge < -0.3 is 15.6 Å². The zero-order valence-electron chi connectivity index (χ0n) is 12.3. The maximum absolute atomic E-state index is 12.4. The van der Waals surface area contributed by atoms with Crippen LogP contribution in [-0.4, -0.2) is 33.3 Å². The van der Waals surface area contributed by atoms with E-state index < -0.39 is 17.4 Å². The monoisotopic (exact) mass is 361 g/mol. The van der Waals surface area contributed by atoms with E-state index in [0.717, 1.165) is 22.9 Å². The standard InChI is InChI=1S/C15H11N3O4S2/c1-22-10-4-2-3-8(12(10)19)5-11-14(21)18(15(23)24-11)7-9(6-16)13(17)20/h2-5,7,19H,1H3,(H2,17,20)/b9-7+,11-5-. The first-order valence-corrected chi connectivity index (χ1v) is 7.66. The molecule has 1 heterocycles. The Bertz CT molecular complexity index is 840. The molecule has 0 aromatic heterocycles. The number of para-hydroxylation sites is 1. The normalized spacial score (nSPS) is 16.4. The van der Waals surface area contributed by atoms with Crippen molar-refractivity contribution in [2.75, 3.05) is 7.11 Å². The van der Waals surface area contributed by atoms with Gasteiger partial charge in [0.2, 0.25) is 0 Å². The van der Waals surface area contributed by atoms with Gasteiger partial charge in [-0.2, -0.15) is 5.26 Å². The number of rotatable bonds is 4. The van der Waals surface area contributed by atoms with Crippen LogP contribution >= 0.6 is 24.0 Å². The minimum atomic E-state index is -0.957. The molecule has 0 spiro atoms. The summed E-state index contributed by atoms with van der Waals surface area (Å²) < 4.78 is 5.15. The van der Waals surface area contributed by atoms with Crippen LogP contribution in [0.1, 0.15) is 5.56 Å². The minimum Gasteiger partial charge on any atom is -0.504 e.